The minimum atomic E-state index is 0.701. The second kappa shape index (κ2) is 6.72. The van der Waals surface area contributed by atoms with Crippen molar-refractivity contribution in [2.24, 2.45) is 0 Å². The number of nitrogens with zero attached hydrogens (tertiary/aromatic N) is 4. The van der Waals surface area contributed by atoms with Gasteiger partial charge < -0.3 is 10.2 Å². The van der Waals surface area contributed by atoms with Crippen molar-refractivity contribution in [1.82, 2.24) is 19.3 Å². The van der Waals surface area contributed by atoms with Crippen LogP contribution < -0.4 is 5.32 Å². The summed E-state index contributed by atoms with van der Waals surface area (Å²) in [5.41, 5.74) is 2.83. The van der Waals surface area contributed by atoms with Gasteiger partial charge in [-0.15, -0.1) is 0 Å². The molecule has 3 aromatic rings. The number of halogens is 1. The smallest absolute Gasteiger partial charge is 0.236 e. The molecule has 0 aliphatic heterocycles. The third kappa shape index (κ3) is 3.26. The number of hydrogen-bond donors (Lipinski definition) is 1. The van der Waals surface area contributed by atoms with Crippen LogP contribution in [0, 0.1) is 6.92 Å². The summed E-state index contributed by atoms with van der Waals surface area (Å²) in [5.74, 6) is 1.71. The molecule has 0 saturated heterocycles. The number of imidazole rings is 1. The van der Waals surface area contributed by atoms with Crippen molar-refractivity contribution in [3.8, 4) is 0 Å². The van der Waals surface area contributed by atoms with Gasteiger partial charge in [0.25, 0.3) is 0 Å². The van der Waals surface area contributed by atoms with Crippen molar-refractivity contribution in [2.45, 2.75) is 20.8 Å². The molecule has 2 aromatic heterocycles. The van der Waals surface area contributed by atoms with Gasteiger partial charge in [0, 0.05) is 29.9 Å². The number of aryl methyl sites for hydroxylation is 1. The highest BCUT2D eigenvalue weighted by Crippen LogP contribution is 2.24. The molecule has 0 aliphatic rings. The molecule has 0 amide bonds. The first-order valence-electron chi connectivity index (χ1n) is 8.04. The summed E-state index contributed by atoms with van der Waals surface area (Å²) in [5, 5.41) is 4.23. The van der Waals surface area contributed by atoms with Gasteiger partial charge in [-0.05, 0) is 38.2 Å². The Bertz CT molecular complexity index is 823. The maximum absolute atomic E-state index is 6.15. The van der Waals surface area contributed by atoms with Gasteiger partial charge in [-0.25, -0.2) is 9.97 Å². The molecule has 0 atom stereocenters. The number of fused-ring (bicyclic) bond motifs is 3. The monoisotopic (exact) mass is 331 g/mol. The highest BCUT2D eigenvalue weighted by atomic mass is 35.5. The van der Waals surface area contributed by atoms with Crippen LogP contribution in [0.25, 0.3) is 16.8 Å². The molecule has 6 heteroatoms. The van der Waals surface area contributed by atoms with Gasteiger partial charge in [0.05, 0.1) is 11.0 Å². The van der Waals surface area contributed by atoms with E-state index in [0.717, 1.165) is 48.7 Å². The highest BCUT2D eigenvalue weighted by molar-refractivity contribution is 6.31. The number of anilines is 1. The largest absolute Gasteiger partial charge is 0.370 e. The Morgan fingerprint density at radius 3 is 2.70 bits per heavy atom. The zero-order valence-corrected chi connectivity index (χ0v) is 14.6. The molecule has 0 bridgehead atoms. The molecular weight excluding hydrogens is 310 g/mol. The average Bonchev–Trinajstić information content (AvgIpc) is 2.88. The Balaban J connectivity index is 1.98. The molecule has 1 N–H and O–H groups in total. The molecule has 23 heavy (non-hydrogen) atoms. The number of rotatable bonds is 6. The minimum Gasteiger partial charge on any atom is -0.370 e. The van der Waals surface area contributed by atoms with Crippen molar-refractivity contribution in [3.05, 3.63) is 35.0 Å². The van der Waals surface area contributed by atoms with E-state index in [2.05, 4.69) is 40.1 Å². The number of hydrogen-bond acceptors (Lipinski definition) is 4. The van der Waals surface area contributed by atoms with E-state index in [9.17, 15) is 0 Å². The van der Waals surface area contributed by atoms with Crippen LogP contribution in [0.1, 0.15) is 19.5 Å². The fourth-order valence-electron chi connectivity index (χ4n) is 2.81. The first kappa shape index (κ1) is 16.0. The molecule has 0 aliphatic carbocycles. The lowest BCUT2D eigenvalue weighted by molar-refractivity contribution is 0.316. The summed E-state index contributed by atoms with van der Waals surface area (Å²) in [4.78, 5) is 11.5. The van der Waals surface area contributed by atoms with Gasteiger partial charge in [0.1, 0.15) is 5.82 Å². The summed E-state index contributed by atoms with van der Waals surface area (Å²) in [6.45, 7) is 10.4. The predicted molar refractivity (Wildman–Crippen MR) is 96.5 cm³/mol. The number of aromatic nitrogens is 3. The van der Waals surface area contributed by atoms with E-state index >= 15 is 0 Å². The predicted octanol–water partition coefficient (Wildman–Crippen LogP) is 3.60. The molecule has 0 saturated carbocycles. The maximum atomic E-state index is 6.15. The Labute approximate surface area is 141 Å². The first-order valence-corrected chi connectivity index (χ1v) is 8.41. The Morgan fingerprint density at radius 1 is 1.17 bits per heavy atom. The molecular formula is C17H22ClN5. The molecule has 5 nitrogen and oxygen atoms in total. The third-order valence-corrected chi connectivity index (χ3v) is 4.33. The van der Waals surface area contributed by atoms with Crippen molar-refractivity contribution in [3.63, 3.8) is 0 Å². The van der Waals surface area contributed by atoms with Crippen LogP contribution in [0.4, 0.5) is 5.82 Å². The lowest BCUT2D eigenvalue weighted by Gasteiger charge is -2.19. The summed E-state index contributed by atoms with van der Waals surface area (Å²) < 4.78 is 2.04. The summed E-state index contributed by atoms with van der Waals surface area (Å²) in [6.07, 6.45) is 0. The van der Waals surface area contributed by atoms with Crippen molar-refractivity contribution in [2.75, 3.05) is 31.5 Å². The molecule has 0 fully saturated rings. The highest BCUT2D eigenvalue weighted by Gasteiger charge is 2.11. The molecule has 2 heterocycles. The normalized spacial score (nSPS) is 11.7. The van der Waals surface area contributed by atoms with E-state index < -0.39 is 0 Å². The second-order valence-electron chi connectivity index (χ2n) is 5.62. The lowest BCUT2D eigenvalue weighted by atomic mass is 10.3. The van der Waals surface area contributed by atoms with Crippen molar-refractivity contribution < 1.29 is 0 Å². The van der Waals surface area contributed by atoms with Gasteiger partial charge in [0.2, 0.25) is 5.78 Å². The van der Waals surface area contributed by atoms with Gasteiger partial charge in [0.15, 0.2) is 0 Å². The van der Waals surface area contributed by atoms with E-state index in [1.807, 2.05) is 29.5 Å². The lowest BCUT2D eigenvalue weighted by Crippen LogP contribution is -2.29. The molecule has 122 valence electrons. The van der Waals surface area contributed by atoms with Gasteiger partial charge in [-0.1, -0.05) is 25.4 Å². The number of likely N-dealkylation sites (N-methyl/N-ethyl adjacent to an activating group) is 1. The molecule has 1 aromatic carbocycles. The Kier molecular flexibility index (Phi) is 4.68. The number of nitrogens with one attached hydrogen (secondary N) is 1. The molecule has 3 rings (SSSR count). The topological polar surface area (TPSA) is 45.5 Å². The fraction of sp³-hybridized carbons (Fsp3) is 0.412. The summed E-state index contributed by atoms with van der Waals surface area (Å²) in [6, 6.07) is 7.78. The molecule has 0 radical (unpaired) electrons. The van der Waals surface area contributed by atoms with Crippen molar-refractivity contribution >= 4 is 34.2 Å². The van der Waals surface area contributed by atoms with Gasteiger partial charge in [-0.3, -0.25) is 4.40 Å². The molecule has 0 spiro atoms. The maximum Gasteiger partial charge on any atom is 0.236 e. The van der Waals surface area contributed by atoms with Crippen LogP contribution in [0.3, 0.4) is 0 Å². The Hall–Kier alpha value is -1.85. The van der Waals surface area contributed by atoms with Crippen LogP contribution >= 0.6 is 11.6 Å². The summed E-state index contributed by atoms with van der Waals surface area (Å²) in [7, 11) is 0. The SMILES string of the molecule is CCN(CC)CCNc1cc(C)nc2nc3ccc(Cl)cc3n12. The minimum absolute atomic E-state index is 0.701. The van der Waals surface area contributed by atoms with Crippen LogP contribution in [0.15, 0.2) is 24.3 Å². The van der Waals surface area contributed by atoms with Crippen LogP contribution in [-0.2, 0) is 0 Å². The van der Waals surface area contributed by atoms with E-state index in [1.165, 1.54) is 0 Å². The zero-order chi connectivity index (χ0) is 16.4. The van der Waals surface area contributed by atoms with Gasteiger partial charge >= 0.3 is 0 Å². The number of benzene rings is 1. The molecule has 0 unspecified atom stereocenters. The third-order valence-electron chi connectivity index (χ3n) is 4.09. The van der Waals surface area contributed by atoms with Crippen LogP contribution in [-0.4, -0.2) is 45.4 Å². The standard InChI is InChI=1S/C17H22ClN5/c1-4-22(5-2)9-8-19-16-10-12(3)20-17-21-14-7-6-13(18)11-15(14)23(16)17/h6-7,10-11,19H,4-5,8-9H2,1-3H3. The fourth-order valence-corrected chi connectivity index (χ4v) is 2.98. The van der Waals surface area contributed by atoms with E-state index in [0.29, 0.717) is 10.8 Å². The van der Waals surface area contributed by atoms with Crippen LogP contribution in [0.5, 0.6) is 0 Å². The quantitative estimate of drug-likeness (QED) is 0.749. The van der Waals surface area contributed by atoms with E-state index in [-0.39, 0.29) is 0 Å². The van der Waals surface area contributed by atoms with Gasteiger partial charge in [-0.2, -0.15) is 0 Å². The van der Waals surface area contributed by atoms with Crippen molar-refractivity contribution in [1.29, 1.82) is 0 Å². The van der Waals surface area contributed by atoms with E-state index in [4.69, 9.17) is 11.6 Å². The summed E-state index contributed by atoms with van der Waals surface area (Å²) >= 11 is 6.15. The van der Waals surface area contributed by atoms with Crippen LogP contribution in [0.2, 0.25) is 5.02 Å². The second-order valence-corrected chi connectivity index (χ2v) is 6.05. The zero-order valence-electron chi connectivity index (χ0n) is 13.8. The van der Waals surface area contributed by atoms with E-state index in [1.54, 1.807) is 0 Å². The Morgan fingerprint density at radius 2 is 1.96 bits per heavy atom. The first-order chi connectivity index (χ1) is 11.1. The average molecular weight is 332 g/mol.